The number of hydrazine groups is 1. The monoisotopic (exact) mass is 1180 g/mol. The normalized spacial score (nSPS) is 11.8. The van der Waals surface area contributed by atoms with Crippen molar-refractivity contribution >= 4 is 89.8 Å². The molecule has 81 heavy (non-hydrogen) atoms. The molecule has 430 valence electrons. The molecule has 0 radical (unpaired) electrons. The molecule has 2 aromatic heterocycles. The van der Waals surface area contributed by atoms with E-state index in [4.69, 9.17) is 9.94 Å². The maximum atomic E-state index is 13.7. The Hall–Kier alpha value is -8.18. The minimum Gasteiger partial charge on any atom is -0.477 e. The second kappa shape index (κ2) is 26.9. The number of nitrogens with zero attached hydrogens (tertiary/aromatic N) is 2. The van der Waals surface area contributed by atoms with Crippen LogP contribution in [0, 0.1) is 34.6 Å². The number of rotatable bonds is 27. The highest BCUT2D eigenvalue weighted by atomic mass is 32.2. The highest BCUT2D eigenvalue weighted by Crippen LogP contribution is 2.35. The summed E-state index contributed by atoms with van der Waals surface area (Å²) in [5, 5.41) is 16.8. The van der Waals surface area contributed by atoms with Gasteiger partial charge in [0.25, 0.3) is 37.8 Å². The number of benzene rings is 4. The predicted octanol–water partition coefficient (Wildman–Crippen LogP) is 5.67. The first-order valence-corrected chi connectivity index (χ1v) is 28.6. The van der Waals surface area contributed by atoms with E-state index < -0.39 is 49.7 Å². The number of carbonyl (C=O) groups is 5. The van der Waals surface area contributed by atoms with Crippen molar-refractivity contribution in [2.75, 3.05) is 50.1 Å². The summed E-state index contributed by atoms with van der Waals surface area (Å²) in [5.41, 5.74) is 10.8. The SMILES string of the molecule is Cc1ccc(NS(=O)(=O)c2ccc(C)c(NC(=O)C[n+]3cccc(CONCCSCCNC(=O)c4ccc[n+](CC(=O)Nc5c(C)ccc(S(=O)(=O)Nc6ccc(NNC(=O)C(F)(F)C(F)(F)C(=O)O)cc6)c5C)c4)c3)c2C)cc1. The summed E-state index contributed by atoms with van der Waals surface area (Å²) < 4.78 is 116. The van der Waals surface area contributed by atoms with E-state index in [1.807, 2.05) is 18.4 Å². The first kappa shape index (κ1) is 62.0. The number of carboxylic acid groups (broad SMARTS) is 1. The number of aryl methyl sites for hydroxylation is 3. The molecule has 0 bridgehead atoms. The lowest BCUT2D eigenvalue weighted by molar-refractivity contribution is -0.684. The van der Waals surface area contributed by atoms with Gasteiger partial charge < -0.3 is 21.1 Å². The predicted molar refractivity (Wildman–Crippen MR) is 293 cm³/mol. The number of thioether (sulfide) groups is 1. The van der Waals surface area contributed by atoms with Crippen LogP contribution in [0.15, 0.2) is 132 Å². The van der Waals surface area contributed by atoms with Crippen molar-refractivity contribution in [2.45, 2.75) is 76.0 Å². The summed E-state index contributed by atoms with van der Waals surface area (Å²) in [6.45, 7) is 9.21. The number of alkyl halides is 4. The molecule has 0 aliphatic carbocycles. The highest BCUT2D eigenvalue weighted by molar-refractivity contribution is 7.99. The molecule has 0 unspecified atom stereocenters. The number of halogens is 4. The van der Waals surface area contributed by atoms with Gasteiger partial charge in [-0.1, -0.05) is 29.8 Å². The van der Waals surface area contributed by atoms with Gasteiger partial charge in [0.1, 0.15) is 5.56 Å². The molecule has 2 heterocycles. The number of amides is 4. The third-order valence-electron chi connectivity index (χ3n) is 12.0. The van der Waals surface area contributed by atoms with Crippen LogP contribution in [0.2, 0.25) is 0 Å². The second-order valence-electron chi connectivity index (χ2n) is 18.2. The van der Waals surface area contributed by atoms with Gasteiger partial charge in [-0.15, -0.1) is 0 Å². The molecule has 0 fully saturated rings. The molecule has 6 aromatic rings. The van der Waals surface area contributed by atoms with Crippen LogP contribution in [0.1, 0.15) is 43.7 Å². The second-order valence-corrected chi connectivity index (χ2v) is 22.8. The molecule has 0 saturated heterocycles. The van der Waals surface area contributed by atoms with E-state index in [2.05, 4.69) is 30.9 Å². The number of pyridine rings is 2. The summed E-state index contributed by atoms with van der Waals surface area (Å²) in [4.78, 5) is 67.2. The number of carbonyl (C=O) groups excluding carboxylic acids is 4. The summed E-state index contributed by atoms with van der Waals surface area (Å²) >= 11 is 1.57. The number of hydrogen-bond donors (Lipinski definition) is 9. The van der Waals surface area contributed by atoms with Crippen LogP contribution in [-0.4, -0.2) is 88.0 Å². The van der Waals surface area contributed by atoms with Crippen molar-refractivity contribution < 1.29 is 77.4 Å². The van der Waals surface area contributed by atoms with Crippen molar-refractivity contribution in [1.82, 2.24) is 16.2 Å². The van der Waals surface area contributed by atoms with Crippen molar-refractivity contribution in [1.29, 1.82) is 0 Å². The van der Waals surface area contributed by atoms with Gasteiger partial charge in [0.15, 0.2) is 24.8 Å². The molecular weight excluding hydrogens is 1120 g/mol. The first-order chi connectivity index (χ1) is 38.2. The summed E-state index contributed by atoms with van der Waals surface area (Å²) in [7, 11) is -8.28. The number of sulfonamides is 2. The molecule has 28 heteroatoms. The van der Waals surface area contributed by atoms with Crippen LogP contribution in [0.3, 0.4) is 0 Å². The number of hydroxylamine groups is 1. The van der Waals surface area contributed by atoms with Crippen LogP contribution in [0.25, 0.3) is 0 Å². The van der Waals surface area contributed by atoms with Gasteiger partial charge >= 0.3 is 23.7 Å². The van der Waals surface area contributed by atoms with E-state index in [-0.39, 0.29) is 69.5 Å². The Kier molecular flexibility index (Phi) is 20.6. The van der Waals surface area contributed by atoms with Gasteiger partial charge in [-0.2, -0.15) is 38.5 Å². The van der Waals surface area contributed by atoms with Crippen LogP contribution in [-0.2, 0) is 63.8 Å². The highest BCUT2D eigenvalue weighted by Gasteiger charge is 2.67. The lowest BCUT2D eigenvalue weighted by Gasteiger charge is -2.22. The van der Waals surface area contributed by atoms with Gasteiger partial charge in [0.2, 0.25) is 13.1 Å². The van der Waals surface area contributed by atoms with E-state index in [0.717, 1.165) is 35.4 Å². The average molecular weight is 1180 g/mol. The minimum atomic E-state index is -5.70. The zero-order valence-corrected chi connectivity index (χ0v) is 46.6. The van der Waals surface area contributed by atoms with Crippen LogP contribution in [0.5, 0.6) is 0 Å². The molecule has 0 saturated carbocycles. The van der Waals surface area contributed by atoms with Gasteiger partial charge in [0, 0.05) is 65.0 Å². The molecule has 9 N–H and O–H groups in total. The third-order valence-corrected chi connectivity index (χ3v) is 16.0. The van der Waals surface area contributed by atoms with Crippen LogP contribution in [0.4, 0.5) is 46.0 Å². The lowest BCUT2D eigenvalue weighted by atomic mass is 10.1. The fraction of sp³-hybridized carbons (Fsp3) is 0.264. The minimum absolute atomic E-state index is 0.0418. The molecule has 4 aromatic carbocycles. The number of aromatic nitrogens is 2. The Balaban J connectivity index is 0.893. The van der Waals surface area contributed by atoms with Crippen molar-refractivity contribution in [2.24, 2.45) is 0 Å². The smallest absolute Gasteiger partial charge is 0.413 e. The first-order valence-electron chi connectivity index (χ1n) is 24.4. The van der Waals surface area contributed by atoms with E-state index in [1.54, 1.807) is 104 Å². The van der Waals surface area contributed by atoms with E-state index in [0.29, 0.717) is 52.7 Å². The standard InChI is InChI=1S/C53H56F4N10O11S3/c1-33-10-14-41(15-11-33)64-80(74,75)43-20-12-34(2)47(36(43)4)60-45(68)30-66-24-6-8-38(28-66)32-78-59-23-27-79-26-22-58-49(70)39-9-7-25-67(29-39)31-46(69)61-48-35(3)13-21-44(37(48)5)81(76,77)65-42-18-16-40(17-19-42)62-63-50(71)52(54,55)53(56,57)51(72)73/h6-21,24-25,28-29,59,62,64-65H,22-23,26-27,30-32H2,1-5H3,(H3-2,58,60,61,63,68,69,70,71,72,73)/p+2. The molecule has 0 aliphatic rings. The third kappa shape index (κ3) is 16.5. The Bertz CT molecular complexity index is 3540. The average Bonchev–Trinajstić information content (AvgIpc) is 3.50. The number of carboxylic acids is 1. The number of nitrogens with one attached hydrogen (secondary N) is 8. The van der Waals surface area contributed by atoms with Crippen LogP contribution < -0.4 is 50.9 Å². The Morgan fingerprint density at radius 1 is 0.617 bits per heavy atom. The zero-order chi connectivity index (χ0) is 59.3. The van der Waals surface area contributed by atoms with E-state index in [1.165, 1.54) is 41.3 Å². The van der Waals surface area contributed by atoms with Crippen molar-refractivity contribution in [3.8, 4) is 0 Å². The summed E-state index contributed by atoms with van der Waals surface area (Å²) in [6, 6.07) is 24.2. The molecular formula is C53H58F4N10O11S3+2. The molecule has 6 rings (SSSR count). The number of hydrogen-bond acceptors (Lipinski definition) is 13. The summed E-state index contributed by atoms with van der Waals surface area (Å²) in [5.74, 6) is -17.2. The van der Waals surface area contributed by atoms with Gasteiger partial charge in [-0.05, 0) is 118 Å². The van der Waals surface area contributed by atoms with Gasteiger partial charge in [-0.3, -0.25) is 44.3 Å². The quantitative estimate of drug-likeness (QED) is 0.0130. The van der Waals surface area contributed by atoms with Gasteiger partial charge in [0.05, 0.1) is 22.1 Å². The van der Waals surface area contributed by atoms with Crippen molar-refractivity contribution in [3.63, 3.8) is 0 Å². The molecule has 21 nitrogen and oxygen atoms in total. The van der Waals surface area contributed by atoms with E-state index >= 15 is 0 Å². The Labute approximate surface area is 468 Å². The van der Waals surface area contributed by atoms with Crippen LogP contribution >= 0.6 is 11.8 Å². The molecule has 4 amide bonds. The number of aliphatic carboxylic acids is 1. The molecule has 0 aliphatic heterocycles. The summed E-state index contributed by atoms with van der Waals surface area (Å²) in [6.07, 6.45) is 6.57. The molecule has 0 atom stereocenters. The Morgan fingerprint density at radius 3 is 1.65 bits per heavy atom. The van der Waals surface area contributed by atoms with Gasteiger partial charge in [-0.25, -0.2) is 27.1 Å². The molecule has 0 spiro atoms. The zero-order valence-electron chi connectivity index (χ0n) is 44.2. The maximum Gasteiger partial charge on any atom is 0.413 e. The Morgan fingerprint density at radius 2 is 1.11 bits per heavy atom. The van der Waals surface area contributed by atoms with Crippen molar-refractivity contribution in [3.05, 3.63) is 161 Å². The number of anilines is 5. The topological polar surface area (TPSA) is 287 Å². The maximum absolute atomic E-state index is 13.7. The fourth-order valence-corrected chi connectivity index (χ4v) is 11.0. The fourth-order valence-electron chi connectivity index (χ4n) is 7.74. The largest absolute Gasteiger partial charge is 0.477 e. The lowest BCUT2D eigenvalue weighted by Crippen LogP contribution is -2.57. The van der Waals surface area contributed by atoms with E-state index in [9.17, 15) is 58.4 Å².